The Morgan fingerprint density at radius 2 is 2.00 bits per heavy atom. The number of carbonyl (C=O) groups excluding carboxylic acids is 1. The largest absolute Gasteiger partial charge is 0.545 e. The Bertz CT molecular complexity index is 420. The number of aromatic nitrogens is 1. The van der Waals surface area contributed by atoms with Crippen LogP contribution in [0.3, 0.4) is 0 Å². The number of carbonyl (C=O) groups is 1. The Hall–Kier alpha value is -1.69. The van der Waals surface area contributed by atoms with Gasteiger partial charge in [-0.3, -0.25) is 10.1 Å². The first-order valence-electron chi connectivity index (χ1n) is 3.88. The molecular weight excluding hydrogens is 224 g/mol. The molecule has 1 aromatic rings. The molecule has 80 valence electrons. The Kier molecular flexibility index (Phi) is 2.90. The maximum Gasteiger partial charge on any atom is 0.294 e. The average Bonchev–Trinajstić information content (AvgIpc) is 1.99. The fourth-order valence-electron chi connectivity index (χ4n) is 1.31. The van der Waals surface area contributed by atoms with Gasteiger partial charge < -0.3 is 9.90 Å². The molecule has 0 aliphatic rings. The topological polar surface area (TPSA) is 96.2 Å². The highest BCUT2D eigenvalue weighted by atomic mass is 35.5. The molecule has 0 saturated carbocycles. The first-order chi connectivity index (χ1) is 6.86. The van der Waals surface area contributed by atoms with Gasteiger partial charge in [-0.2, -0.15) is 0 Å². The minimum absolute atomic E-state index is 0.0440. The van der Waals surface area contributed by atoms with Gasteiger partial charge >= 0.3 is 0 Å². The van der Waals surface area contributed by atoms with Crippen molar-refractivity contribution in [2.24, 2.45) is 0 Å². The molecular formula is C8H6ClN2O4-. The number of aryl methyl sites for hydroxylation is 1. The van der Waals surface area contributed by atoms with E-state index >= 15 is 0 Å². The summed E-state index contributed by atoms with van der Waals surface area (Å²) in [5, 5.41) is 21.0. The van der Waals surface area contributed by atoms with Crippen molar-refractivity contribution in [3.8, 4) is 0 Å². The number of aromatic carboxylic acids is 1. The van der Waals surface area contributed by atoms with Gasteiger partial charge in [-0.25, -0.2) is 4.98 Å². The molecule has 1 heterocycles. The molecule has 1 aromatic heterocycles. The molecule has 0 bridgehead atoms. The van der Waals surface area contributed by atoms with Crippen molar-refractivity contribution in [2.45, 2.75) is 13.8 Å². The molecule has 15 heavy (non-hydrogen) atoms. The predicted molar refractivity (Wildman–Crippen MR) is 49.7 cm³/mol. The molecule has 0 radical (unpaired) electrons. The highest BCUT2D eigenvalue weighted by Gasteiger charge is 2.22. The molecule has 0 atom stereocenters. The van der Waals surface area contributed by atoms with Gasteiger partial charge in [-0.15, -0.1) is 0 Å². The number of halogens is 1. The maximum atomic E-state index is 10.7. The van der Waals surface area contributed by atoms with Gasteiger partial charge in [-0.1, -0.05) is 11.6 Å². The van der Waals surface area contributed by atoms with E-state index in [2.05, 4.69) is 4.98 Å². The Balaban J connectivity index is 3.64. The summed E-state index contributed by atoms with van der Waals surface area (Å²) in [6, 6.07) is 0. The molecule has 1 rings (SSSR count). The van der Waals surface area contributed by atoms with E-state index in [-0.39, 0.29) is 22.1 Å². The zero-order valence-electron chi connectivity index (χ0n) is 7.91. The number of carboxylic acid groups (broad SMARTS) is 1. The average molecular weight is 230 g/mol. The molecule has 0 fully saturated rings. The first kappa shape index (κ1) is 11.4. The number of carboxylic acids is 1. The van der Waals surface area contributed by atoms with Crippen molar-refractivity contribution >= 4 is 23.3 Å². The van der Waals surface area contributed by atoms with Crippen molar-refractivity contribution in [2.75, 3.05) is 0 Å². The fraction of sp³-hybridized carbons (Fsp3) is 0.250. The third-order valence-electron chi connectivity index (χ3n) is 1.93. The third-order valence-corrected chi connectivity index (χ3v) is 2.21. The third kappa shape index (κ3) is 1.89. The van der Waals surface area contributed by atoms with Crippen molar-refractivity contribution in [3.63, 3.8) is 0 Å². The van der Waals surface area contributed by atoms with Crippen LogP contribution >= 0.6 is 11.6 Å². The molecule has 0 N–H and O–H groups in total. The number of rotatable bonds is 2. The summed E-state index contributed by atoms with van der Waals surface area (Å²) >= 11 is 5.55. The van der Waals surface area contributed by atoms with Crippen molar-refractivity contribution in [1.82, 2.24) is 4.98 Å². The summed E-state index contributed by atoms with van der Waals surface area (Å²) in [5.74, 6) is -1.58. The van der Waals surface area contributed by atoms with Gasteiger partial charge in [0.05, 0.1) is 10.9 Å². The van der Waals surface area contributed by atoms with Crippen LogP contribution in [0, 0.1) is 24.0 Å². The summed E-state index contributed by atoms with van der Waals surface area (Å²) in [7, 11) is 0. The molecule has 0 aliphatic carbocycles. The molecule has 0 saturated heterocycles. The van der Waals surface area contributed by atoms with E-state index in [9.17, 15) is 20.0 Å². The number of hydrogen-bond acceptors (Lipinski definition) is 5. The summed E-state index contributed by atoms with van der Waals surface area (Å²) in [6.07, 6.45) is 0. The van der Waals surface area contributed by atoms with Crippen LogP contribution in [0.1, 0.15) is 21.6 Å². The van der Waals surface area contributed by atoms with E-state index in [0.29, 0.717) is 0 Å². The lowest BCUT2D eigenvalue weighted by molar-refractivity contribution is -0.386. The summed E-state index contributed by atoms with van der Waals surface area (Å²) < 4.78 is 0. The number of pyridine rings is 1. The lowest BCUT2D eigenvalue weighted by atomic mass is 10.1. The molecule has 0 aliphatic heterocycles. The van der Waals surface area contributed by atoms with E-state index in [1.165, 1.54) is 13.8 Å². The van der Waals surface area contributed by atoms with Gasteiger partial charge in [0.2, 0.25) is 0 Å². The van der Waals surface area contributed by atoms with Crippen LogP contribution in [0.4, 0.5) is 5.69 Å². The van der Waals surface area contributed by atoms with Crippen molar-refractivity contribution in [1.29, 1.82) is 0 Å². The predicted octanol–water partition coefficient (Wildman–Crippen LogP) is 0.624. The molecule has 6 nitrogen and oxygen atoms in total. The highest BCUT2D eigenvalue weighted by Crippen LogP contribution is 2.28. The van der Waals surface area contributed by atoms with Crippen molar-refractivity contribution in [3.05, 3.63) is 32.1 Å². The Labute approximate surface area is 89.7 Å². The van der Waals surface area contributed by atoms with Gasteiger partial charge in [-0.05, 0) is 13.8 Å². The summed E-state index contributed by atoms with van der Waals surface area (Å²) in [5.41, 5.74) is -0.752. The summed E-state index contributed by atoms with van der Waals surface area (Å²) in [6.45, 7) is 2.68. The number of nitrogens with zero attached hydrogens (tertiary/aromatic N) is 2. The standard InChI is InChI=1S/C8H7ClN2O4/c1-3-5(8(12)13)7(9)10-4(2)6(3)11(14)15/h1-2H3,(H,12,13)/p-1. The van der Waals surface area contributed by atoms with Gasteiger partial charge in [0.1, 0.15) is 10.8 Å². The number of nitro groups is 1. The van der Waals surface area contributed by atoms with Crippen LogP contribution in [-0.4, -0.2) is 15.9 Å². The van der Waals surface area contributed by atoms with E-state index in [1.807, 2.05) is 0 Å². The second kappa shape index (κ2) is 3.82. The maximum absolute atomic E-state index is 10.7. The quantitative estimate of drug-likeness (QED) is 0.421. The van der Waals surface area contributed by atoms with Gasteiger partial charge in [0, 0.05) is 11.1 Å². The first-order valence-corrected chi connectivity index (χ1v) is 4.26. The second-order valence-corrected chi connectivity index (χ2v) is 3.24. The Morgan fingerprint density at radius 1 is 1.47 bits per heavy atom. The van der Waals surface area contributed by atoms with Gasteiger partial charge in [0.15, 0.2) is 0 Å². The van der Waals surface area contributed by atoms with Crippen LogP contribution < -0.4 is 5.11 Å². The van der Waals surface area contributed by atoms with E-state index in [1.54, 1.807) is 0 Å². The fourth-order valence-corrected chi connectivity index (χ4v) is 1.65. The van der Waals surface area contributed by atoms with E-state index in [0.717, 1.165) is 0 Å². The molecule has 0 amide bonds. The molecule has 7 heteroatoms. The van der Waals surface area contributed by atoms with Crippen LogP contribution in [-0.2, 0) is 0 Å². The summed E-state index contributed by atoms with van der Waals surface area (Å²) in [4.78, 5) is 24.2. The number of hydrogen-bond donors (Lipinski definition) is 0. The SMILES string of the molecule is Cc1nc(Cl)c(C(=O)[O-])c(C)c1[N+](=O)[O-]. The zero-order valence-corrected chi connectivity index (χ0v) is 8.66. The molecule has 0 unspecified atom stereocenters. The lowest BCUT2D eigenvalue weighted by Crippen LogP contribution is -2.24. The highest BCUT2D eigenvalue weighted by molar-refractivity contribution is 6.32. The monoisotopic (exact) mass is 229 g/mol. The lowest BCUT2D eigenvalue weighted by Gasteiger charge is -2.10. The van der Waals surface area contributed by atoms with Crippen LogP contribution in [0.2, 0.25) is 5.15 Å². The van der Waals surface area contributed by atoms with Crippen LogP contribution in [0.25, 0.3) is 0 Å². The zero-order chi connectivity index (χ0) is 11.7. The normalized spacial score (nSPS) is 10.1. The minimum atomic E-state index is -1.58. The second-order valence-electron chi connectivity index (χ2n) is 2.88. The van der Waals surface area contributed by atoms with Crippen LogP contribution in [0.5, 0.6) is 0 Å². The van der Waals surface area contributed by atoms with E-state index in [4.69, 9.17) is 11.6 Å². The van der Waals surface area contributed by atoms with Crippen LogP contribution in [0.15, 0.2) is 0 Å². The Morgan fingerprint density at radius 3 is 2.40 bits per heavy atom. The molecule has 0 aromatic carbocycles. The van der Waals surface area contributed by atoms with Gasteiger partial charge in [0.25, 0.3) is 5.69 Å². The van der Waals surface area contributed by atoms with E-state index < -0.39 is 16.5 Å². The molecule has 0 spiro atoms. The van der Waals surface area contributed by atoms with Crippen molar-refractivity contribution < 1.29 is 14.8 Å². The minimum Gasteiger partial charge on any atom is -0.545 e. The smallest absolute Gasteiger partial charge is 0.294 e.